The van der Waals surface area contributed by atoms with E-state index >= 15 is 0 Å². The van der Waals surface area contributed by atoms with Crippen LogP contribution in [0.15, 0.2) is 0 Å². The van der Waals surface area contributed by atoms with E-state index < -0.39 is 0 Å². The second kappa shape index (κ2) is 5.96. The summed E-state index contributed by atoms with van der Waals surface area (Å²) in [6.07, 6.45) is 6.01. The first-order valence-electron chi connectivity index (χ1n) is 6.60. The summed E-state index contributed by atoms with van der Waals surface area (Å²) in [6.45, 7) is 1.76. The molecule has 0 heterocycles. The second-order valence-corrected chi connectivity index (χ2v) is 5.12. The maximum Gasteiger partial charge on any atom is 0.0693 e. The minimum atomic E-state index is -0.155. The summed E-state index contributed by atoms with van der Waals surface area (Å²) in [5, 5.41) is 26.0. The SMILES string of the molecule is OC1CCCC1NCCNC1CCCC1O. The van der Waals surface area contributed by atoms with Crippen LogP contribution >= 0.6 is 0 Å². The highest BCUT2D eigenvalue weighted by Gasteiger charge is 2.25. The lowest BCUT2D eigenvalue weighted by Crippen LogP contribution is -2.43. The zero-order valence-corrected chi connectivity index (χ0v) is 9.86. The number of aliphatic hydroxyl groups is 2. The van der Waals surface area contributed by atoms with Gasteiger partial charge in [0, 0.05) is 25.2 Å². The van der Waals surface area contributed by atoms with E-state index in [-0.39, 0.29) is 24.3 Å². The van der Waals surface area contributed by atoms with Crippen molar-refractivity contribution in [2.45, 2.75) is 62.8 Å². The molecule has 2 rings (SSSR count). The maximum atomic E-state index is 9.62. The Balaban J connectivity index is 1.54. The summed E-state index contributed by atoms with van der Waals surface area (Å²) < 4.78 is 0. The van der Waals surface area contributed by atoms with Crippen molar-refractivity contribution in [3.8, 4) is 0 Å². The van der Waals surface area contributed by atoms with E-state index in [2.05, 4.69) is 10.6 Å². The lowest BCUT2D eigenvalue weighted by atomic mass is 10.2. The Morgan fingerprint density at radius 1 is 0.750 bits per heavy atom. The molecule has 4 unspecified atom stereocenters. The third-order valence-corrected chi connectivity index (χ3v) is 3.90. The summed E-state index contributed by atoms with van der Waals surface area (Å²) in [6, 6.07) is 0.575. The van der Waals surface area contributed by atoms with Crippen LogP contribution in [-0.2, 0) is 0 Å². The highest BCUT2D eigenvalue weighted by molar-refractivity contribution is 4.85. The number of hydrogen-bond acceptors (Lipinski definition) is 4. The van der Waals surface area contributed by atoms with Crippen molar-refractivity contribution in [1.82, 2.24) is 10.6 Å². The molecule has 4 nitrogen and oxygen atoms in total. The van der Waals surface area contributed by atoms with E-state index in [1.54, 1.807) is 0 Å². The van der Waals surface area contributed by atoms with E-state index in [9.17, 15) is 10.2 Å². The third-order valence-electron chi connectivity index (χ3n) is 3.90. The number of aliphatic hydroxyl groups excluding tert-OH is 2. The van der Waals surface area contributed by atoms with Crippen LogP contribution in [0.5, 0.6) is 0 Å². The van der Waals surface area contributed by atoms with E-state index in [0.29, 0.717) is 0 Å². The molecule has 0 aromatic carbocycles. The third kappa shape index (κ3) is 3.17. The number of rotatable bonds is 5. The van der Waals surface area contributed by atoms with Crippen molar-refractivity contribution in [2.75, 3.05) is 13.1 Å². The van der Waals surface area contributed by atoms with E-state index in [0.717, 1.165) is 51.6 Å². The predicted molar refractivity (Wildman–Crippen MR) is 63.3 cm³/mol. The summed E-state index contributed by atoms with van der Waals surface area (Å²) in [5.41, 5.74) is 0. The van der Waals surface area contributed by atoms with Gasteiger partial charge < -0.3 is 20.8 Å². The van der Waals surface area contributed by atoms with Gasteiger partial charge in [0.1, 0.15) is 0 Å². The van der Waals surface area contributed by atoms with Crippen LogP contribution in [0.25, 0.3) is 0 Å². The number of nitrogens with one attached hydrogen (secondary N) is 2. The van der Waals surface area contributed by atoms with Crippen LogP contribution in [-0.4, -0.2) is 47.6 Å². The van der Waals surface area contributed by atoms with Crippen LogP contribution in [0.1, 0.15) is 38.5 Å². The maximum absolute atomic E-state index is 9.62. The predicted octanol–water partition coefficient (Wildman–Crippen LogP) is -0.00760. The van der Waals surface area contributed by atoms with Crippen LogP contribution in [0.3, 0.4) is 0 Å². The Morgan fingerprint density at radius 2 is 1.19 bits per heavy atom. The minimum Gasteiger partial charge on any atom is -0.392 e. The van der Waals surface area contributed by atoms with Gasteiger partial charge in [0.25, 0.3) is 0 Å². The average Bonchev–Trinajstić information content (AvgIpc) is 2.84. The van der Waals surface area contributed by atoms with E-state index in [1.807, 2.05) is 0 Å². The summed E-state index contributed by atoms with van der Waals surface area (Å²) in [4.78, 5) is 0. The van der Waals surface area contributed by atoms with Crippen LogP contribution in [0.4, 0.5) is 0 Å². The first-order chi connectivity index (χ1) is 7.77. The van der Waals surface area contributed by atoms with E-state index in [1.165, 1.54) is 0 Å². The largest absolute Gasteiger partial charge is 0.392 e. The molecule has 0 aromatic rings. The lowest BCUT2D eigenvalue weighted by molar-refractivity contribution is 0.142. The molecule has 0 bridgehead atoms. The molecule has 4 N–H and O–H groups in total. The zero-order valence-electron chi connectivity index (χ0n) is 9.86. The van der Waals surface area contributed by atoms with Gasteiger partial charge in [0.2, 0.25) is 0 Å². The molecule has 0 amide bonds. The van der Waals surface area contributed by atoms with Gasteiger partial charge in [-0.3, -0.25) is 0 Å². The van der Waals surface area contributed by atoms with E-state index in [4.69, 9.17) is 0 Å². The normalized spacial score (nSPS) is 39.4. The Labute approximate surface area is 97.4 Å². The van der Waals surface area contributed by atoms with Crippen LogP contribution < -0.4 is 10.6 Å². The molecule has 0 radical (unpaired) electrons. The molecular formula is C12H24N2O2. The van der Waals surface area contributed by atoms with Gasteiger partial charge in [-0.15, -0.1) is 0 Å². The van der Waals surface area contributed by atoms with Crippen molar-refractivity contribution in [3.05, 3.63) is 0 Å². The molecule has 0 saturated heterocycles. The topological polar surface area (TPSA) is 64.5 Å². The van der Waals surface area contributed by atoms with Crippen molar-refractivity contribution < 1.29 is 10.2 Å². The standard InChI is InChI=1S/C12H24N2O2/c15-11-5-1-3-9(11)13-7-8-14-10-4-2-6-12(10)16/h9-16H,1-8H2. The summed E-state index contributed by atoms with van der Waals surface area (Å²) in [5.74, 6) is 0. The van der Waals surface area contributed by atoms with Gasteiger partial charge in [-0.25, -0.2) is 0 Å². The summed E-state index contributed by atoms with van der Waals surface area (Å²) in [7, 11) is 0. The first-order valence-corrected chi connectivity index (χ1v) is 6.60. The lowest BCUT2D eigenvalue weighted by Gasteiger charge is -2.19. The smallest absolute Gasteiger partial charge is 0.0693 e. The van der Waals surface area contributed by atoms with Gasteiger partial charge in [0.15, 0.2) is 0 Å². The van der Waals surface area contributed by atoms with Gasteiger partial charge in [0.05, 0.1) is 12.2 Å². The average molecular weight is 228 g/mol. The highest BCUT2D eigenvalue weighted by atomic mass is 16.3. The Bertz CT molecular complexity index is 191. The fraction of sp³-hybridized carbons (Fsp3) is 1.00. The van der Waals surface area contributed by atoms with Crippen molar-refractivity contribution >= 4 is 0 Å². The number of hydrogen-bond donors (Lipinski definition) is 4. The molecular weight excluding hydrogens is 204 g/mol. The fourth-order valence-electron chi connectivity index (χ4n) is 2.87. The Morgan fingerprint density at radius 3 is 1.50 bits per heavy atom. The van der Waals surface area contributed by atoms with Crippen molar-refractivity contribution in [2.24, 2.45) is 0 Å². The molecule has 2 aliphatic carbocycles. The van der Waals surface area contributed by atoms with Gasteiger partial charge in [-0.1, -0.05) is 0 Å². The van der Waals surface area contributed by atoms with Gasteiger partial charge in [-0.05, 0) is 38.5 Å². The fourth-order valence-corrected chi connectivity index (χ4v) is 2.87. The molecule has 0 aliphatic heterocycles. The van der Waals surface area contributed by atoms with Crippen LogP contribution in [0.2, 0.25) is 0 Å². The molecule has 94 valence electrons. The Hall–Kier alpha value is -0.160. The van der Waals surface area contributed by atoms with Gasteiger partial charge >= 0.3 is 0 Å². The molecule has 0 aromatic heterocycles. The molecule has 4 heteroatoms. The molecule has 2 aliphatic rings. The minimum absolute atomic E-state index is 0.155. The van der Waals surface area contributed by atoms with Crippen molar-refractivity contribution in [3.63, 3.8) is 0 Å². The quantitative estimate of drug-likeness (QED) is 0.500. The first kappa shape index (κ1) is 12.3. The molecule has 16 heavy (non-hydrogen) atoms. The molecule has 2 fully saturated rings. The second-order valence-electron chi connectivity index (χ2n) is 5.12. The highest BCUT2D eigenvalue weighted by Crippen LogP contribution is 2.19. The van der Waals surface area contributed by atoms with Gasteiger partial charge in [-0.2, -0.15) is 0 Å². The van der Waals surface area contributed by atoms with Crippen LogP contribution in [0, 0.1) is 0 Å². The molecule has 2 saturated carbocycles. The molecule has 0 spiro atoms. The Kier molecular flexibility index (Phi) is 4.58. The van der Waals surface area contributed by atoms with Crippen molar-refractivity contribution in [1.29, 1.82) is 0 Å². The zero-order chi connectivity index (χ0) is 11.4. The molecule has 4 atom stereocenters. The monoisotopic (exact) mass is 228 g/mol. The summed E-state index contributed by atoms with van der Waals surface area (Å²) >= 11 is 0.